The minimum Gasteiger partial charge on any atom is -0.353 e. The maximum Gasteiger partial charge on any atom is 0.706 e. The first-order valence-electron chi connectivity index (χ1n) is 4.61. The normalized spacial score (nSPS) is 12.9. The number of hydrogen-bond acceptors (Lipinski definition) is 5. The Bertz CT molecular complexity index is 188. The second kappa shape index (κ2) is 6.53. The summed E-state index contributed by atoms with van der Waals surface area (Å²) in [7, 11) is -2.00. The SMILES string of the molecule is C=CCO[Si](OC)(OC)OO[Si](C)(C)C. The molecule has 0 amide bonds. The van der Waals surface area contributed by atoms with Gasteiger partial charge < -0.3 is 13.3 Å². The number of rotatable bonds is 8. The molecule has 90 valence electrons. The van der Waals surface area contributed by atoms with E-state index in [0.29, 0.717) is 6.61 Å². The lowest BCUT2D eigenvalue weighted by molar-refractivity contribution is -0.201. The Morgan fingerprint density at radius 1 is 1.07 bits per heavy atom. The zero-order chi connectivity index (χ0) is 11.9. The van der Waals surface area contributed by atoms with Crippen LogP contribution in [0.1, 0.15) is 0 Å². The quantitative estimate of drug-likeness (QED) is 0.285. The van der Waals surface area contributed by atoms with Gasteiger partial charge in [-0.2, -0.15) is 0 Å². The summed E-state index contributed by atoms with van der Waals surface area (Å²) >= 11 is 0. The van der Waals surface area contributed by atoms with Crippen molar-refractivity contribution in [1.82, 2.24) is 0 Å². The van der Waals surface area contributed by atoms with Crippen LogP contribution in [0.5, 0.6) is 0 Å². The predicted molar refractivity (Wildman–Crippen MR) is 61.4 cm³/mol. The van der Waals surface area contributed by atoms with Crippen molar-refractivity contribution in [3.63, 3.8) is 0 Å². The first-order valence-corrected chi connectivity index (χ1v) is 9.65. The van der Waals surface area contributed by atoms with Crippen molar-refractivity contribution in [3.05, 3.63) is 12.7 Å². The molecule has 7 heteroatoms. The van der Waals surface area contributed by atoms with E-state index in [4.69, 9.17) is 22.4 Å². The van der Waals surface area contributed by atoms with Gasteiger partial charge in [-0.3, -0.25) is 4.58 Å². The summed E-state index contributed by atoms with van der Waals surface area (Å²) in [6.45, 7) is 9.81. The highest BCUT2D eigenvalue weighted by Crippen LogP contribution is 2.14. The van der Waals surface area contributed by atoms with Gasteiger partial charge in [0.05, 0.1) is 6.61 Å². The fourth-order valence-electron chi connectivity index (χ4n) is 0.630. The summed E-state index contributed by atoms with van der Waals surface area (Å²) in [4.78, 5) is 0. The second-order valence-electron chi connectivity index (χ2n) is 3.79. The average molecular weight is 252 g/mol. The summed E-state index contributed by atoms with van der Waals surface area (Å²) in [6, 6.07) is 0. The molecule has 5 nitrogen and oxygen atoms in total. The fraction of sp³-hybridized carbons (Fsp3) is 0.750. The molecule has 0 N–H and O–H groups in total. The van der Waals surface area contributed by atoms with Gasteiger partial charge in [0.25, 0.3) is 0 Å². The van der Waals surface area contributed by atoms with Crippen LogP contribution in [0, 0.1) is 0 Å². The highest BCUT2D eigenvalue weighted by Gasteiger charge is 2.46. The fourth-order valence-corrected chi connectivity index (χ4v) is 2.95. The maximum atomic E-state index is 5.32. The van der Waals surface area contributed by atoms with Crippen molar-refractivity contribution in [3.8, 4) is 0 Å². The van der Waals surface area contributed by atoms with E-state index in [1.807, 2.05) is 19.6 Å². The minimum atomic E-state index is -3.13. The third-order valence-electron chi connectivity index (χ3n) is 1.27. The lowest BCUT2D eigenvalue weighted by atomic mass is 10.7. The van der Waals surface area contributed by atoms with E-state index in [2.05, 4.69) is 6.58 Å². The van der Waals surface area contributed by atoms with Gasteiger partial charge in [0.1, 0.15) is 0 Å². The molecule has 0 aliphatic carbocycles. The third-order valence-corrected chi connectivity index (χ3v) is 3.83. The summed E-state index contributed by atoms with van der Waals surface area (Å²) in [5, 5.41) is 0. The van der Waals surface area contributed by atoms with Gasteiger partial charge in [0, 0.05) is 14.2 Å². The van der Waals surface area contributed by atoms with Crippen LogP contribution in [0.25, 0.3) is 0 Å². The molecule has 0 atom stereocenters. The van der Waals surface area contributed by atoms with Crippen molar-refractivity contribution in [2.24, 2.45) is 0 Å². The first-order chi connectivity index (χ1) is 6.89. The Kier molecular flexibility index (Phi) is 6.52. The molecule has 0 saturated heterocycles. The molecule has 0 aliphatic heterocycles. The lowest BCUT2D eigenvalue weighted by Crippen LogP contribution is -2.49. The van der Waals surface area contributed by atoms with Gasteiger partial charge in [-0.05, 0) is 19.6 Å². The third kappa shape index (κ3) is 6.20. The van der Waals surface area contributed by atoms with Crippen molar-refractivity contribution < 1.29 is 22.4 Å². The maximum absolute atomic E-state index is 5.32. The van der Waals surface area contributed by atoms with Crippen molar-refractivity contribution in [1.29, 1.82) is 0 Å². The molecule has 0 bridgehead atoms. The van der Waals surface area contributed by atoms with E-state index in [0.717, 1.165) is 0 Å². The molecular weight excluding hydrogens is 232 g/mol. The highest BCUT2D eigenvalue weighted by molar-refractivity contribution is 6.70. The van der Waals surface area contributed by atoms with E-state index in [1.54, 1.807) is 6.08 Å². The van der Waals surface area contributed by atoms with E-state index in [9.17, 15) is 0 Å². The van der Waals surface area contributed by atoms with E-state index in [-0.39, 0.29) is 0 Å². The molecule has 0 fully saturated rings. The van der Waals surface area contributed by atoms with Crippen LogP contribution >= 0.6 is 0 Å². The molecule has 0 saturated carbocycles. The number of hydrogen-bond donors (Lipinski definition) is 0. The molecule has 15 heavy (non-hydrogen) atoms. The Morgan fingerprint density at radius 3 is 1.93 bits per heavy atom. The van der Waals surface area contributed by atoms with Gasteiger partial charge >= 0.3 is 9.05 Å². The zero-order valence-corrected chi connectivity index (χ0v) is 12.0. The summed E-state index contributed by atoms with van der Waals surface area (Å²) in [5.41, 5.74) is 0. The molecule has 0 aromatic rings. The monoisotopic (exact) mass is 252 g/mol. The van der Waals surface area contributed by atoms with Gasteiger partial charge in [-0.15, -0.1) is 6.58 Å². The molecule has 0 unspecified atom stereocenters. The predicted octanol–water partition coefficient (Wildman–Crippen LogP) is 1.70. The molecule has 0 radical (unpaired) electrons. The van der Waals surface area contributed by atoms with Gasteiger partial charge in [-0.25, -0.2) is 4.58 Å². The van der Waals surface area contributed by atoms with Crippen molar-refractivity contribution in [2.75, 3.05) is 20.8 Å². The van der Waals surface area contributed by atoms with Crippen molar-refractivity contribution in [2.45, 2.75) is 19.6 Å². The largest absolute Gasteiger partial charge is 0.706 e. The lowest BCUT2D eigenvalue weighted by Gasteiger charge is -2.26. The first kappa shape index (κ1) is 15.0. The van der Waals surface area contributed by atoms with Crippen LogP contribution in [0.3, 0.4) is 0 Å². The molecule has 0 spiro atoms. The molecular formula is C8H20O5Si2. The van der Waals surface area contributed by atoms with E-state index < -0.39 is 17.4 Å². The van der Waals surface area contributed by atoms with Crippen LogP contribution in [-0.2, 0) is 22.4 Å². The molecule has 0 aromatic heterocycles. The van der Waals surface area contributed by atoms with Crippen molar-refractivity contribution >= 4 is 17.4 Å². The Labute approximate surface area is 93.5 Å². The van der Waals surface area contributed by atoms with Crippen LogP contribution < -0.4 is 0 Å². The Morgan fingerprint density at radius 2 is 1.60 bits per heavy atom. The van der Waals surface area contributed by atoms with E-state index in [1.165, 1.54) is 14.2 Å². The van der Waals surface area contributed by atoms with E-state index >= 15 is 0 Å². The van der Waals surface area contributed by atoms with Gasteiger partial charge in [-0.1, -0.05) is 6.08 Å². The zero-order valence-electron chi connectivity index (χ0n) is 10.0. The van der Waals surface area contributed by atoms with Crippen LogP contribution in [0.4, 0.5) is 0 Å². The molecule has 0 heterocycles. The smallest absolute Gasteiger partial charge is 0.353 e. The summed E-state index contributed by atoms with van der Waals surface area (Å²) in [5.74, 6) is 0. The second-order valence-corrected chi connectivity index (χ2v) is 10.5. The van der Waals surface area contributed by atoms with Crippen LogP contribution in [0.15, 0.2) is 12.7 Å². The Hall–Kier alpha value is -0.0262. The summed E-state index contributed by atoms with van der Waals surface area (Å²) in [6.07, 6.45) is 1.59. The molecule has 0 aliphatic rings. The van der Waals surface area contributed by atoms with Gasteiger partial charge in [0.15, 0.2) is 0 Å². The Balaban J connectivity index is 4.29. The highest BCUT2D eigenvalue weighted by atomic mass is 28.4. The van der Waals surface area contributed by atoms with Crippen LogP contribution in [0.2, 0.25) is 19.6 Å². The topological polar surface area (TPSA) is 46.2 Å². The summed E-state index contributed by atoms with van der Waals surface area (Å²) < 4.78 is 26.0. The molecule has 0 aromatic carbocycles. The standard InChI is InChI=1S/C8H20O5Si2/c1-7-8-11-15(9-2,10-3)13-12-14(4,5)6/h7H,1,8H2,2-6H3. The van der Waals surface area contributed by atoms with Gasteiger partial charge in [0.2, 0.25) is 8.32 Å². The van der Waals surface area contributed by atoms with Crippen LogP contribution in [-0.4, -0.2) is 38.2 Å². The minimum absolute atomic E-state index is 0.295. The average Bonchev–Trinajstić information content (AvgIpc) is 2.18. The molecule has 0 rings (SSSR count).